The highest BCUT2D eigenvalue weighted by Gasteiger charge is 2.31. The fraction of sp³-hybridized carbons (Fsp3) is 0.200. The smallest absolute Gasteiger partial charge is 0.406 e. The lowest BCUT2D eigenvalue weighted by Crippen LogP contribution is -2.17. The Hall–Kier alpha value is -1.97. The van der Waals surface area contributed by atoms with Gasteiger partial charge in [0.05, 0.1) is 0 Å². The van der Waals surface area contributed by atoms with Crippen LogP contribution in [0.25, 0.3) is 11.1 Å². The van der Waals surface area contributed by atoms with Crippen LogP contribution in [-0.2, 0) is 0 Å². The van der Waals surface area contributed by atoms with Gasteiger partial charge in [-0.2, -0.15) is 0 Å². The molecule has 1 radical (unpaired) electrons. The van der Waals surface area contributed by atoms with Crippen LogP contribution in [-0.4, -0.2) is 6.36 Å². The molecule has 0 aliphatic rings. The lowest BCUT2D eigenvalue weighted by atomic mass is 9.97. The van der Waals surface area contributed by atoms with E-state index in [-0.39, 0.29) is 5.75 Å². The minimum Gasteiger partial charge on any atom is -0.406 e. The van der Waals surface area contributed by atoms with Crippen molar-refractivity contribution in [2.45, 2.75) is 20.2 Å². The molecule has 0 aromatic heterocycles. The van der Waals surface area contributed by atoms with Crippen LogP contribution in [0.1, 0.15) is 11.1 Å². The van der Waals surface area contributed by atoms with Gasteiger partial charge in [0.25, 0.3) is 0 Å². The van der Waals surface area contributed by atoms with Gasteiger partial charge in [0.1, 0.15) is 5.75 Å². The molecule has 0 amide bonds. The van der Waals surface area contributed by atoms with E-state index in [4.69, 9.17) is 0 Å². The van der Waals surface area contributed by atoms with E-state index in [0.29, 0.717) is 5.56 Å². The summed E-state index contributed by atoms with van der Waals surface area (Å²) in [6.45, 7) is 3.88. The maximum Gasteiger partial charge on any atom is 0.573 e. The summed E-state index contributed by atoms with van der Waals surface area (Å²) >= 11 is 0. The van der Waals surface area contributed by atoms with Crippen LogP contribution in [0, 0.1) is 19.9 Å². The molecule has 0 fully saturated rings. The average Bonchev–Trinajstić information content (AvgIpc) is 2.31. The predicted molar refractivity (Wildman–Crippen MR) is 66.9 cm³/mol. The number of aryl methyl sites for hydroxylation is 1. The third kappa shape index (κ3) is 3.28. The third-order valence-corrected chi connectivity index (χ3v) is 2.90. The molecule has 2 aromatic carbocycles. The molecule has 0 atom stereocenters. The second-order valence-electron chi connectivity index (χ2n) is 4.23. The Labute approximate surface area is 109 Å². The Kier molecular flexibility index (Phi) is 3.51. The molecule has 4 heteroatoms. The first-order valence-electron chi connectivity index (χ1n) is 5.71. The van der Waals surface area contributed by atoms with E-state index in [1.807, 2.05) is 32.0 Å². The van der Waals surface area contributed by atoms with Gasteiger partial charge >= 0.3 is 6.36 Å². The molecule has 0 bridgehead atoms. The second-order valence-corrected chi connectivity index (χ2v) is 4.23. The number of rotatable bonds is 2. The van der Waals surface area contributed by atoms with Crippen LogP contribution in [0.4, 0.5) is 13.2 Å². The summed E-state index contributed by atoms with van der Waals surface area (Å²) in [6, 6.07) is 12.6. The quantitative estimate of drug-likeness (QED) is 0.766. The highest BCUT2D eigenvalue weighted by molar-refractivity contribution is 5.69. The van der Waals surface area contributed by atoms with Gasteiger partial charge in [-0.3, -0.25) is 0 Å². The van der Waals surface area contributed by atoms with Crippen LogP contribution in [0.5, 0.6) is 5.75 Å². The molecule has 0 N–H and O–H groups in total. The molecule has 2 rings (SSSR count). The first kappa shape index (κ1) is 13.5. The molecule has 99 valence electrons. The van der Waals surface area contributed by atoms with E-state index in [1.165, 1.54) is 18.2 Å². The van der Waals surface area contributed by atoms with E-state index < -0.39 is 6.36 Å². The maximum atomic E-state index is 12.2. The van der Waals surface area contributed by atoms with Crippen LogP contribution in [0.3, 0.4) is 0 Å². The summed E-state index contributed by atoms with van der Waals surface area (Å²) in [7, 11) is 0. The number of hydrogen-bond acceptors (Lipinski definition) is 1. The van der Waals surface area contributed by atoms with Gasteiger partial charge in [-0.25, -0.2) is 0 Å². The largest absolute Gasteiger partial charge is 0.573 e. The number of halogens is 3. The molecule has 0 saturated carbocycles. The second kappa shape index (κ2) is 4.96. The van der Waals surface area contributed by atoms with Crippen molar-refractivity contribution in [2.75, 3.05) is 0 Å². The van der Waals surface area contributed by atoms with Crippen molar-refractivity contribution in [3.05, 3.63) is 53.6 Å². The zero-order chi connectivity index (χ0) is 14.0. The van der Waals surface area contributed by atoms with Crippen LogP contribution in [0.15, 0.2) is 36.4 Å². The van der Waals surface area contributed by atoms with Crippen molar-refractivity contribution in [2.24, 2.45) is 0 Å². The van der Waals surface area contributed by atoms with E-state index in [9.17, 15) is 13.2 Å². The fourth-order valence-corrected chi connectivity index (χ4v) is 1.84. The number of alkyl halides is 3. The Morgan fingerprint density at radius 1 is 1.11 bits per heavy atom. The van der Waals surface area contributed by atoms with Crippen molar-refractivity contribution in [1.82, 2.24) is 0 Å². The molecule has 0 heterocycles. The van der Waals surface area contributed by atoms with Crippen molar-refractivity contribution in [3.8, 4) is 16.9 Å². The van der Waals surface area contributed by atoms with Gasteiger partial charge < -0.3 is 4.74 Å². The topological polar surface area (TPSA) is 9.23 Å². The SMILES string of the molecule is Cc1cccc(-c2[c]ccc(OC(F)(F)F)c2)c1C. The molecular weight excluding hydrogens is 253 g/mol. The summed E-state index contributed by atoms with van der Waals surface area (Å²) < 4.78 is 40.5. The van der Waals surface area contributed by atoms with E-state index >= 15 is 0 Å². The Morgan fingerprint density at radius 2 is 1.84 bits per heavy atom. The summed E-state index contributed by atoms with van der Waals surface area (Å²) in [6.07, 6.45) is -4.68. The van der Waals surface area contributed by atoms with Gasteiger partial charge in [0.2, 0.25) is 0 Å². The molecule has 0 spiro atoms. The van der Waals surface area contributed by atoms with Crippen LogP contribution < -0.4 is 4.74 Å². The van der Waals surface area contributed by atoms with Gasteiger partial charge in [0.15, 0.2) is 0 Å². The zero-order valence-electron chi connectivity index (χ0n) is 10.5. The first-order valence-corrected chi connectivity index (χ1v) is 5.71. The minimum absolute atomic E-state index is 0.234. The summed E-state index contributed by atoms with van der Waals surface area (Å²) in [5, 5.41) is 0. The lowest BCUT2D eigenvalue weighted by molar-refractivity contribution is -0.274. The molecule has 0 aliphatic heterocycles. The average molecular weight is 265 g/mol. The molecule has 0 saturated heterocycles. The maximum absolute atomic E-state index is 12.2. The summed E-state index contributed by atoms with van der Waals surface area (Å²) in [4.78, 5) is 0. The Bertz CT molecular complexity index is 588. The zero-order valence-corrected chi connectivity index (χ0v) is 10.5. The molecule has 0 unspecified atom stereocenters. The highest BCUT2D eigenvalue weighted by Crippen LogP contribution is 2.30. The van der Waals surface area contributed by atoms with Gasteiger partial charge in [-0.05, 0) is 54.3 Å². The Balaban J connectivity index is 2.41. The molecule has 1 nitrogen and oxygen atoms in total. The monoisotopic (exact) mass is 265 g/mol. The van der Waals surface area contributed by atoms with E-state index in [2.05, 4.69) is 10.8 Å². The molecule has 19 heavy (non-hydrogen) atoms. The lowest BCUT2D eigenvalue weighted by Gasteiger charge is -2.12. The van der Waals surface area contributed by atoms with Crippen LogP contribution in [0.2, 0.25) is 0 Å². The van der Waals surface area contributed by atoms with E-state index in [0.717, 1.165) is 16.7 Å². The highest BCUT2D eigenvalue weighted by atomic mass is 19.4. The Morgan fingerprint density at radius 3 is 2.53 bits per heavy atom. The van der Waals surface area contributed by atoms with Gasteiger partial charge in [0, 0.05) is 0 Å². The first-order chi connectivity index (χ1) is 8.87. The standard InChI is InChI=1S/C15H12F3O/c1-10-5-3-8-14(11(10)2)12-6-4-7-13(9-12)19-15(16,17)18/h3-5,7-9H,1-2H3. The molecule has 0 aliphatic carbocycles. The minimum atomic E-state index is -4.68. The van der Waals surface area contributed by atoms with Gasteiger partial charge in [-0.15, -0.1) is 13.2 Å². The number of benzene rings is 2. The molecular formula is C15H12F3O. The predicted octanol–water partition coefficient (Wildman–Crippen LogP) is 4.67. The van der Waals surface area contributed by atoms with Crippen molar-refractivity contribution in [1.29, 1.82) is 0 Å². The number of ether oxygens (including phenoxy) is 1. The van der Waals surface area contributed by atoms with Crippen molar-refractivity contribution in [3.63, 3.8) is 0 Å². The third-order valence-electron chi connectivity index (χ3n) is 2.90. The normalized spacial score (nSPS) is 11.4. The van der Waals surface area contributed by atoms with E-state index in [1.54, 1.807) is 0 Å². The van der Waals surface area contributed by atoms with Crippen molar-refractivity contribution >= 4 is 0 Å². The summed E-state index contributed by atoms with van der Waals surface area (Å²) in [5.74, 6) is -0.234. The van der Waals surface area contributed by atoms with Gasteiger partial charge in [-0.1, -0.05) is 24.3 Å². The summed E-state index contributed by atoms with van der Waals surface area (Å²) in [5.41, 5.74) is 3.53. The van der Waals surface area contributed by atoms with Crippen LogP contribution >= 0.6 is 0 Å². The molecule has 2 aromatic rings. The van der Waals surface area contributed by atoms with Crippen molar-refractivity contribution < 1.29 is 17.9 Å². The fourth-order valence-electron chi connectivity index (χ4n) is 1.84. The number of hydrogen-bond donors (Lipinski definition) is 0.